The molecule has 0 aromatic rings. The number of Topliss-reactive ketones (excluding diaryl/α,β-unsaturated/α-hetero) is 1. The lowest BCUT2D eigenvalue weighted by Crippen LogP contribution is -2.25. The molecule has 5 heteroatoms. The van der Waals surface area contributed by atoms with Gasteiger partial charge < -0.3 is 11.1 Å². The second kappa shape index (κ2) is 6.75. The molecule has 0 saturated heterocycles. The van der Waals surface area contributed by atoms with E-state index >= 15 is 0 Å². The van der Waals surface area contributed by atoms with Crippen LogP contribution in [-0.4, -0.2) is 24.1 Å². The zero-order valence-corrected chi connectivity index (χ0v) is 9.00. The fraction of sp³-hybridized carbons (Fsp3) is 0.500. The van der Waals surface area contributed by atoms with E-state index < -0.39 is 5.91 Å². The molecule has 0 rings (SSSR count). The summed E-state index contributed by atoms with van der Waals surface area (Å²) >= 11 is 0. The molecule has 0 atom stereocenters. The Morgan fingerprint density at radius 2 is 1.87 bits per heavy atom. The molecule has 0 aliphatic carbocycles. The Morgan fingerprint density at radius 3 is 2.33 bits per heavy atom. The number of carbonyl (C=O) groups excluding carboxylic acids is 3. The van der Waals surface area contributed by atoms with Crippen molar-refractivity contribution < 1.29 is 14.4 Å². The minimum Gasteiger partial charge on any atom is -0.366 e. The molecule has 0 heterocycles. The molecule has 0 spiro atoms. The summed E-state index contributed by atoms with van der Waals surface area (Å²) in [5.41, 5.74) is 5.47. The molecule has 0 aliphatic rings. The van der Waals surface area contributed by atoms with Crippen LogP contribution < -0.4 is 11.1 Å². The minimum absolute atomic E-state index is 0.0987. The van der Waals surface area contributed by atoms with Crippen molar-refractivity contribution in [3.8, 4) is 0 Å². The van der Waals surface area contributed by atoms with E-state index in [0.29, 0.717) is 18.5 Å². The molecule has 0 aliphatic heterocycles. The van der Waals surface area contributed by atoms with Gasteiger partial charge in [0.05, 0.1) is 6.42 Å². The van der Waals surface area contributed by atoms with E-state index in [4.69, 9.17) is 5.73 Å². The molecular formula is C10H16N2O3. The van der Waals surface area contributed by atoms with Gasteiger partial charge in [-0.3, -0.25) is 14.4 Å². The Kier molecular flexibility index (Phi) is 6.01. The lowest BCUT2D eigenvalue weighted by molar-refractivity contribution is -0.127. The molecule has 0 bridgehead atoms. The highest BCUT2D eigenvalue weighted by atomic mass is 16.2. The molecule has 0 fully saturated rings. The third kappa shape index (κ3) is 7.42. The Bertz CT molecular complexity index is 295. The number of nitrogens with one attached hydrogen (secondary N) is 1. The Hall–Kier alpha value is -1.65. The van der Waals surface area contributed by atoms with Crippen LogP contribution in [0, 0.1) is 0 Å². The normalized spacial score (nSPS) is 10.9. The highest BCUT2D eigenvalue weighted by molar-refractivity contribution is 5.96. The van der Waals surface area contributed by atoms with Gasteiger partial charge in [-0.05, 0) is 20.3 Å². The van der Waals surface area contributed by atoms with Crippen molar-refractivity contribution in [2.45, 2.75) is 26.7 Å². The smallest absolute Gasteiger partial charge is 0.244 e. The topological polar surface area (TPSA) is 89.3 Å². The van der Waals surface area contributed by atoms with Crippen molar-refractivity contribution in [2.24, 2.45) is 5.73 Å². The first-order chi connectivity index (χ1) is 6.93. The number of rotatable bonds is 6. The summed E-state index contributed by atoms with van der Waals surface area (Å²) in [4.78, 5) is 32.1. The summed E-state index contributed by atoms with van der Waals surface area (Å²) < 4.78 is 0. The van der Waals surface area contributed by atoms with E-state index in [-0.39, 0.29) is 18.1 Å². The van der Waals surface area contributed by atoms with Gasteiger partial charge in [0.25, 0.3) is 0 Å². The Morgan fingerprint density at radius 1 is 1.27 bits per heavy atom. The van der Waals surface area contributed by atoms with Gasteiger partial charge in [-0.1, -0.05) is 6.08 Å². The molecule has 15 heavy (non-hydrogen) atoms. The Balaban J connectivity index is 3.72. The molecule has 3 N–H and O–H groups in total. The monoisotopic (exact) mass is 212 g/mol. The summed E-state index contributed by atoms with van der Waals surface area (Å²) in [6, 6.07) is 0. The standard InChI is InChI=1S/C10H16N2O3/c1-7(10(11)15)4-3-5-12-9(14)6-8(2)13/h4H,3,5-6H2,1-2H3,(H2,11,15)(H,12,14). The van der Waals surface area contributed by atoms with Crippen LogP contribution in [0.3, 0.4) is 0 Å². The number of hydrogen-bond donors (Lipinski definition) is 2. The van der Waals surface area contributed by atoms with Crippen LogP contribution in [0.5, 0.6) is 0 Å². The third-order valence-corrected chi connectivity index (χ3v) is 1.72. The van der Waals surface area contributed by atoms with Crippen LogP contribution in [0.4, 0.5) is 0 Å². The lowest BCUT2D eigenvalue weighted by Gasteiger charge is -2.01. The van der Waals surface area contributed by atoms with Crippen molar-refractivity contribution in [3.05, 3.63) is 11.6 Å². The SMILES string of the molecule is CC(=O)CC(=O)NCCC=C(C)C(N)=O. The number of hydrogen-bond acceptors (Lipinski definition) is 3. The summed E-state index contributed by atoms with van der Waals surface area (Å²) in [6.07, 6.45) is 2.08. The fourth-order valence-electron chi connectivity index (χ4n) is 0.889. The summed E-state index contributed by atoms with van der Waals surface area (Å²) in [5.74, 6) is -0.936. The molecule has 84 valence electrons. The maximum absolute atomic E-state index is 11.0. The van der Waals surface area contributed by atoms with Crippen LogP contribution in [0.1, 0.15) is 26.7 Å². The number of primary amides is 1. The number of ketones is 1. The average molecular weight is 212 g/mol. The fourth-order valence-corrected chi connectivity index (χ4v) is 0.889. The van der Waals surface area contributed by atoms with Gasteiger partial charge in [0.2, 0.25) is 11.8 Å². The zero-order valence-electron chi connectivity index (χ0n) is 9.00. The number of nitrogens with two attached hydrogens (primary N) is 1. The van der Waals surface area contributed by atoms with Crippen LogP contribution in [0.2, 0.25) is 0 Å². The molecule has 0 aromatic carbocycles. The van der Waals surface area contributed by atoms with Crippen LogP contribution in [-0.2, 0) is 14.4 Å². The highest BCUT2D eigenvalue weighted by Gasteiger charge is 2.03. The lowest BCUT2D eigenvalue weighted by atomic mass is 10.2. The van der Waals surface area contributed by atoms with Gasteiger partial charge >= 0.3 is 0 Å². The second-order valence-electron chi connectivity index (χ2n) is 3.27. The maximum Gasteiger partial charge on any atom is 0.244 e. The van der Waals surface area contributed by atoms with Crippen molar-refractivity contribution >= 4 is 17.6 Å². The number of amides is 2. The first-order valence-corrected chi connectivity index (χ1v) is 4.66. The molecule has 0 radical (unpaired) electrons. The van der Waals surface area contributed by atoms with E-state index in [1.54, 1.807) is 13.0 Å². The molecule has 0 aromatic heterocycles. The summed E-state index contributed by atoms with van der Waals surface area (Å²) in [5, 5.41) is 2.55. The van der Waals surface area contributed by atoms with E-state index in [9.17, 15) is 14.4 Å². The summed E-state index contributed by atoms with van der Waals surface area (Å²) in [6.45, 7) is 3.37. The molecule has 0 unspecified atom stereocenters. The van der Waals surface area contributed by atoms with Gasteiger partial charge in [-0.15, -0.1) is 0 Å². The van der Waals surface area contributed by atoms with Crippen LogP contribution in [0.25, 0.3) is 0 Å². The highest BCUT2D eigenvalue weighted by Crippen LogP contribution is 1.93. The quantitative estimate of drug-likeness (QED) is 0.366. The van der Waals surface area contributed by atoms with Crippen LogP contribution >= 0.6 is 0 Å². The van der Waals surface area contributed by atoms with Crippen molar-refractivity contribution in [3.63, 3.8) is 0 Å². The molecule has 0 saturated carbocycles. The van der Waals surface area contributed by atoms with Gasteiger partial charge in [0.15, 0.2) is 0 Å². The first kappa shape index (κ1) is 13.4. The van der Waals surface area contributed by atoms with Crippen molar-refractivity contribution in [2.75, 3.05) is 6.54 Å². The predicted octanol–water partition coefficient (Wildman–Crippen LogP) is -0.0966. The summed E-state index contributed by atoms with van der Waals surface area (Å²) in [7, 11) is 0. The molecule has 2 amide bonds. The van der Waals surface area contributed by atoms with Gasteiger partial charge in [0.1, 0.15) is 5.78 Å². The van der Waals surface area contributed by atoms with E-state index in [0.717, 1.165) is 0 Å². The number of carbonyl (C=O) groups is 3. The minimum atomic E-state index is -0.468. The molecular weight excluding hydrogens is 196 g/mol. The zero-order chi connectivity index (χ0) is 11.8. The van der Waals surface area contributed by atoms with Gasteiger partial charge in [0, 0.05) is 12.1 Å². The second-order valence-corrected chi connectivity index (χ2v) is 3.27. The third-order valence-electron chi connectivity index (χ3n) is 1.72. The largest absolute Gasteiger partial charge is 0.366 e. The predicted molar refractivity (Wildman–Crippen MR) is 55.9 cm³/mol. The first-order valence-electron chi connectivity index (χ1n) is 4.66. The van der Waals surface area contributed by atoms with Crippen LogP contribution in [0.15, 0.2) is 11.6 Å². The van der Waals surface area contributed by atoms with Crippen molar-refractivity contribution in [1.82, 2.24) is 5.32 Å². The van der Waals surface area contributed by atoms with E-state index in [1.807, 2.05) is 0 Å². The van der Waals surface area contributed by atoms with Gasteiger partial charge in [-0.2, -0.15) is 0 Å². The maximum atomic E-state index is 11.0. The molecule has 5 nitrogen and oxygen atoms in total. The van der Waals surface area contributed by atoms with Gasteiger partial charge in [-0.25, -0.2) is 0 Å². The van der Waals surface area contributed by atoms with E-state index in [2.05, 4.69) is 5.32 Å². The Labute approximate surface area is 88.7 Å². The van der Waals surface area contributed by atoms with E-state index in [1.165, 1.54) is 6.92 Å². The average Bonchev–Trinajstić information content (AvgIpc) is 2.10. The van der Waals surface area contributed by atoms with Crippen molar-refractivity contribution in [1.29, 1.82) is 0 Å².